The molecule has 1 heterocycles. The topological polar surface area (TPSA) is 38.8 Å². The molecule has 0 fully saturated rings. The minimum atomic E-state index is -0.287. The molecule has 0 amide bonds. The Bertz CT molecular complexity index is 837. The Kier molecular flexibility index (Phi) is 5.18. The van der Waals surface area contributed by atoms with E-state index >= 15 is 0 Å². The summed E-state index contributed by atoms with van der Waals surface area (Å²) in [6.45, 7) is 11.7. The first-order valence-electron chi connectivity index (χ1n) is 9.56. The van der Waals surface area contributed by atoms with Crippen molar-refractivity contribution in [3.63, 3.8) is 0 Å². The third kappa shape index (κ3) is 3.66. The van der Waals surface area contributed by atoms with Crippen molar-refractivity contribution in [3.8, 4) is 5.75 Å². The van der Waals surface area contributed by atoms with Gasteiger partial charge in [-0.15, -0.1) is 0 Å². The third-order valence-electron chi connectivity index (χ3n) is 5.18. The van der Waals surface area contributed by atoms with E-state index in [9.17, 15) is 4.79 Å². The largest absolute Gasteiger partial charge is 0.492 e. The van der Waals surface area contributed by atoms with Crippen LogP contribution in [0, 0.1) is 0 Å². The summed E-state index contributed by atoms with van der Waals surface area (Å²) >= 11 is 0. The van der Waals surface area contributed by atoms with Crippen LogP contribution in [0.3, 0.4) is 0 Å². The summed E-state index contributed by atoms with van der Waals surface area (Å²) in [5.41, 5.74) is 5.22. The van der Waals surface area contributed by atoms with Gasteiger partial charge in [-0.25, -0.2) is 4.79 Å². The normalized spacial score (nSPS) is 14.6. The van der Waals surface area contributed by atoms with Crippen molar-refractivity contribution in [2.45, 2.75) is 46.0 Å². The lowest BCUT2D eigenvalue weighted by atomic mass is 9.84. The predicted molar refractivity (Wildman–Crippen MR) is 110 cm³/mol. The molecule has 1 aliphatic rings. The molecule has 0 radical (unpaired) electrons. The molecule has 27 heavy (non-hydrogen) atoms. The number of carbonyl (C=O) groups excluding carboxylic acids is 1. The van der Waals surface area contributed by atoms with Gasteiger partial charge in [-0.3, -0.25) is 0 Å². The third-order valence-corrected chi connectivity index (χ3v) is 5.18. The Hall–Kier alpha value is -2.49. The fourth-order valence-electron chi connectivity index (χ4n) is 3.44. The average molecular weight is 367 g/mol. The van der Waals surface area contributed by atoms with Gasteiger partial charge >= 0.3 is 5.97 Å². The average Bonchev–Trinajstić information content (AvgIpc) is 2.95. The lowest BCUT2D eigenvalue weighted by Gasteiger charge is -2.24. The molecule has 0 unspecified atom stereocenters. The Morgan fingerprint density at radius 1 is 1.19 bits per heavy atom. The first-order chi connectivity index (χ1) is 12.7. The van der Waals surface area contributed by atoms with Gasteiger partial charge in [-0.1, -0.05) is 27.7 Å². The van der Waals surface area contributed by atoms with Crippen molar-refractivity contribution in [2.24, 2.45) is 0 Å². The molecule has 3 rings (SSSR count). The van der Waals surface area contributed by atoms with Crippen LogP contribution in [0.4, 0.5) is 11.4 Å². The maximum Gasteiger partial charge on any atom is 0.338 e. The summed E-state index contributed by atoms with van der Waals surface area (Å²) in [7, 11) is 2.05. The SMILES string of the molecule is CCOC(=O)c1ccc(N(C)c2cc(C(C)C)c3c(c2)C(C)(C)CO3)cc1. The first-order valence-corrected chi connectivity index (χ1v) is 9.56. The second-order valence-corrected chi connectivity index (χ2v) is 8.07. The Morgan fingerprint density at radius 2 is 1.85 bits per heavy atom. The monoisotopic (exact) mass is 367 g/mol. The number of nitrogens with zero attached hydrogens (tertiary/aromatic N) is 1. The van der Waals surface area contributed by atoms with Crippen LogP contribution in [0.15, 0.2) is 36.4 Å². The number of ether oxygens (including phenoxy) is 2. The molecule has 4 nitrogen and oxygen atoms in total. The van der Waals surface area contributed by atoms with Crippen LogP contribution >= 0.6 is 0 Å². The number of hydrogen-bond acceptors (Lipinski definition) is 4. The molecular weight excluding hydrogens is 338 g/mol. The van der Waals surface area contributed by atoms with Crippen LogP contribution in [-0.4, -0.2) is 26.2 Å². The number of carbonyl (C=O) groups is 1. The van der Waals surface area contributed by atoms with Crippen LogP contribution < -0.4 is 9.64 Å². The minimum absolute atomic E-state index is 0.00356. The molecule has 0 aliphatic carbocycles. The summed E-state index contributed by atoms with van der Waals surface area (Å²) in [5, 5.41) is 0. The summed E-state index contributed by atoms with van der Waals surface area (Å²) < 4.78 is 11.1. The maximum atomic E-state index is 11.9. The molecule has 144 valence electrons. The zero-order valence-electron chi connectivity index (χ0n) is 17.1. The van der Waals surface area contributed by atoms with E-state index in [-0.39, 0.29) is 11.4 Å². The number of esters is 1. The Labute approximate surface area is 162 Å². The van der Waals surface area contributed by atoms with Gasteiger partial charge in [0.2, 0.25) is 0 Å². The molecule has 1 aliphatic heterocycles. The van der Waals surface area contributed by atoms with E-state index in [4.69, 9.17) is 9.47 Å². The molecule has 4 heteroatoms. The van der Waals surface area contributed by atoms with Crippen molar-refractivity contribution in [1.82, 2.24) is 0 Å². The quantitative estimate of drug-likeness (QED) is 0.661. The second-order valence-electron chi connectivity index (χ2n) is 8.07. The Balaban J connectivity index is 1.96. The highest BCUT2D eigenvalue weighted by Gasteiger charge is 2.34. The van der Waals surface area contributed by atoms with Gasteiger partial charge in [0, 0.05) is 29.4 Å². The maximum absolute atomic E-state index is 11.9. The van der Waals surface area contributed by atoms with Crippen molar-refractivity contribution >= 4 is 17.3 Å². The number of rotatable bonds is 5. The highest BCUT2D eigenvalue weighted by Crippen LogP contribution is 2.46. The van der Waals surface area contributed by atoms with Crippen LogP contribution in [0.5, 0.6) is 5.75 Å². The van der Waals surface area contributed by atoms with Gasteiger partial charge in [0.25, 0.3) is 0 Å². The lowest BCUT2D eigenvalue weighted by molar-refractivity contribution is 0.0526. The van der Waals surface area contributed by atoms with Gasteiger partial charge in [0.05, 0.1) is 18.8 Å². The van der Waals surface area contributed by atoms with Crippen molar-refractivity contribution in [1.29, 1.82) is 0 Å². The molecule has 0 bridgehead atoms. The van der Waals surface area contributed by atoms with Gasteiger partial charge in [0.15, 0.2) is 0 Å². The smallest absolute Gasteiger partial charge is 0.338 e. The molecule has 2 aromatic carbocycles. The van der Waals surface area contributed by atoms with E-state index in [1.807, 2.05) is 38.2 Å². The highest BCUT2D eigenvalue weighted by atomic mass is 16.5. The summed E-state index contributed by atoms with van der Waals surface area (Å²) in [6, 6.07) is 12.0. The number of hydrogen-bond donors (Lipinski definition) is 0. The first kappa shape index (κ1) is 19.3. The van der Waals surface area contributed by atoms with Crippen LogP contribution in [-0.2, 0) is 10.2 Å². The zero-order valence-corrected chi connectivity index (χ0v) is 17.1. The molecule has 2 aromatic rings. The lowest BCUT2D eigenvalue weighted by Crippen LogP contribution is -2.19. The Morgan fingerprint density at radius 3 is 2.44 bits per heavy atom. The van der Waals surface area contributed by atoms with E-state index in [0.717, 1.165) is 17.1 Å². The second kappa shape index (κ2) is 7.26. The van der Waals surface area contributed by atoms with Crippen LogP contribution in [0.2, 0.25) is 0 Å². The number of anilines is 2. The minimum Gasteiger partial charge on any atom is -0.492 e. The fourth-order valence-corrected chi connectivity index (χ4v) is 3.44. The van der Waals surface area contributed by atoms with Crippen LogP contribution in [0.1, 0.15) is 62.0 Å². The molecule has 0 saturated carbocycles. The van der Waals surface area contributed by atoms with Gasteiger partial charge in [0.1, 0.15) is 5.75 Å². The van der Waals surface area contributed by atoms with E-state index in [1.165, 1.54) is 11.1 Å². The molecule has 0 N–H and O–H groups in total. The molecular formula is C23H29NO3. The molecule has 0 aromatic heterocycles. The molecule has 0 atom stereocenters. The number of fused-ring (bicyclic) bond motifs is 1. The van der Waals surface area contributed by atoms with E-state index in [2.05, 4.69) is 44.7 Å². The predicted octanol–water partition coefficient (Wildman–Crippen LogP) is 5.42. The molecule has 0 spiro atoms. The van der Waals surface area contributed by atoms with Crippen LogP contribution in [0.25, 0.3) is 0 Å². The fraction of sp³-hybridized carbons (Fsp3) is 0.435. The van der Waals surface area contributed by atoms with Gasteiger partial charge in [-0.05, 0) is 54.8 Å². The molecule has 0 saturated heterocycles. The van der Waals surface area contributed by atoms with Gasteiger partial charge in [-0.2, -0.15) is 0 Å². The summed E-state index contributed by atoms with van der Waals surface area (Å²) in [4.78, 5) is 14.0. The van der Waals surface area contributed by atoms with E-state index in [0.29, 0.717) is 24.7 Å². The van der Waals surface area contributed by atoms with Gasteiger partial charge < -0.3 is 14.4 Å². The standard InChI is InChI=1S/C23H29NO3/c1-7-26-22(25)16-8-10-17(11-9-16)24(6)18-12-19(15(2)3)21-20(13-18)23(4,5)14-27-21/h8-13,15H,7,14H2,1-6H3. The summed E-state index contributed by atoms with van der Waals surface area (Å²) in [5.74, 6) is 1.14. The van der Waals surface area contributed by atoms with E-state index in [1.54, 1.807) is 0 Å². The summed E-state index contributed by atoms with van der Waals surface area (Å²) in [6.07, 6.45) is 0. The number of benzene rings is 2. The van der Waals surface area contributed by atoms with Crippen molar-refractivity contribution in [3.05, 3.63) is 53.1 Å². The highest BCUT2D eigenvalue weighted by molar-refractivity contribution is 5.90. The van der Waals surface area contributed by atoms with Crippen molar-refractivity contribution in [2.75, 3.05) is 25.2 Å². The zero-order chi connectivity index (χ0) is 19.8. The van der Waals surface area contributed by atoms with E-state index < -0.39 is 0 Å². The van der Waals surface area contributed by atoms with Crippen molar-refractivity contribution < 1.29 is 14.3 Å².